The van der Waals surface area contributed by atoms with Crippen LogP contribution in [0.4, 0.5) is 0 Å². The molecule has 134 valence electrons. The van der Waals surface area contributed by atoms with Crippen LogP contribution in [0.1, 0.15) is 36.4 Å². The first-order valence-corrected chi connectivity index (χ1v) is 8.65. The van der Waals surface area contributed by atoms with E-state index in [0.717, 1.165) is 24.4 Å². The third kappa shape index (κ3) is 4.10. The Kier molecular flexibility index (Phi) is 5.21. The minimum Gasteiger partial charge on any atom is -0.467 e. The summed E-state index contributed by atoms with van der Waals surface area (Å²) in [6.45, 7) is 5.66. The van der Waals surface area contributed by atoms with Crippen LogP contribution in [0.5, 0.6) is 0 Å². The number of aromatic nitrogens is 2. The number of hydrogen-bond acceptors (Lipinski definition) is 4. The summed E-state index contributed by atoms with van der Waals surface area (Å²) in [4.78, 5) is 26.1. The quantitative estimate of drug-likeness (QED) is 0.777. The lowest BCUT2D eigenvalue weighted by atomic mass is 10.2. The van der Waals surface area contributed by atoms with Crippen molar-refractivity contribution in [3.8, 4) is 0 Å². The minimum atomic E-state index is -0.411. The molecular formula is C18H24N4O3. The maximum atomic E-state index is 12.5. The summed E-state index contributed by atoms with van der Waals surface area (Å²) >= 11 is 0. The van der Waals surface area contributed by atoms with Crippen LogP contribution < -0.4 is 5.32 Å². The fraction of sp³-hybridized carbons (Fsp3) is 0.500. The summed E-state index contributed by atoms with van der Waals surface area (Å²) in [7, 11) is 0. The predicted octanol–water partition coefficient (Wildman–Crippen LogP) is 1.79. The van der Waals surface area contributed by atoms with Gasteiger partial charge >= 0.3 is 0 Å². The number of furan rings is 1. The summed E-state index contributed by atoms with van der Waals surface area (Å²) in [6, 6.07) is 5.22. The molecule has 1 aliphatic heterocycles. The Hall–Kier alpha value is -2.57. The number of carbonyl (C=O) groups excluding carboxylic acids is 2. The normalized spacial score (nSPS) is 17.3. The number of carbonyl (C=O) groups is 2. The Bertz CT molecular complexity index is 736. The molecule has 25 heavy (non-hydrogen) atoms. The van der Waals surface area contributed by atoms with Crippen LogP contribution in [0, 0.1) is 13.8 Å². The first kappa shape index (κ1) is 17.3. The molecule has 0 saturated carbocycles. The van der Waals surface area contributed by atoms with Crippen LogP contribution in [0.25, 0.3) is 0 Å². The molecule has 1 N–H and O–H groups in total. The lowest BCUT2D eigenvalue weighted by Gasteiger charge is -2.23. The molecule has 2 amide bonds. The molecule has 1 saturated heterocycles. The Morgan fingerprint density at radius 3 is 2.96 bits per heavy atom. The highest BCUT2D eigenvalue weighted by molar-refractivity contribution is 5.90. The molecule has 1 atom stereocenters. The van der Waals surface area contributed by atoms with Crippen molar-refractivity contribution in [2.24, 2.45) is 0 Å². The number of nitrogens with one attached hydrogen (secondary N) is 1. The largest absolute Gasteiger partial charge is 0.467 e. The van der Waals surface area contributed by atoms with E-state index in [1.54, 1.807) is 17.2 Å². The number of nitrogens with zero attached hydrogens (tertiary/aromatic N) is 3. The van der Waals surface area contributed by atoms with Gasteiger partial charge in [-0.3, -0.25) is 14.3 Å². The molecule has 0 radical (unpaired) electrons. The molecule has 1 aliphatic rings. The van der Waals surface area contributed by atoms with Crippen LogP contribution in [0.3, 0.4) is 0 Å². The molecule has 7 heteroatoms. The van der Waals surface area contributed by atoms with Gasteiger partial charge in [-0.25, -0.2) is 0 Å². The Balaban J connectivity index is 1.48. The van der Waals surface area contributed by atoms with Crippen molar-refractivity contribution >= 4 is 11.8 Å². The molecule has 0 aromatic carbocycles. The summed E-state index contributed by atoms with van der Waals surface area (Å²) in [5.41, 5.74) is 2.12. The van der Waals surface area contributed by atoms with Gasteiger partial charge in [0.15, 0.2) is 0 Å². The molecule has 2 aromatic heterocycles. The topological polar surface area (TPSA) is 80.4 Å². The average molecular weight is 344 g/mol. The Morgan fingerprint density at radius 2 is 2.28 bits per heavy atom. The van der Waals surface area contributed by atoms with Gasteiger partial charge in [-0.1, -0.05) is 0 Å². The number of hydrogen-bond donors (Lipinski definition) is 1. The fourth-order valence-electron chi connectivity index (χ4n) is 3.23. The van der Waals surface area contributed by atoms with Gasteiger partial charge in [0, 0.05) is 25.2 Å². The molecule has 0 bridgehead atoms. The molecule has 7 nitrogen and oxygen atoms in total. The molecule has 1 fully saturated rings. The van der Waals surface area contributed by atoms with E-state index in [0.29, 0.717) is 31.7 Å². The van der Waals surface area contributed by atoms with Gasteiger partial charge < -0.3 is 14.6 Å². The van der Waals surface area contributed by atoms with E-state index in [1.807, 2.05) is 30.7 Å². The highest BCUT2D eigenvalue weighted by Crippen LogP contribution is 2.21. The second-order valence-electron chi connectivity index (χ2n) is 6.45. The molecule has 3 rings (SSSR count). The smallest absolute Gasteiger partial charge is 0.242 e. The second-order valence-corrected chi connectivity index (χ2v) is 6.45. The van der Waals surface area contributed by atoms with Crippen molar-refractivity contribution in [2.45, 2.75) is 52.2 Å². The third-order valence-electron chi connectivity index (χ3n) is 4.49. The Morgan fingerprint density at radius 1 is 1.44 bits per heavy atom. The zero-order valence-electron chi connectivity index (χ0n) is 14.7. The Labute approximate surface area is 147 Å². The van der Waals surface area contributed by atoms with Gasteiger partial charge in [-0.15, -0.1) is 0 Å². The lowest BCUT2D eigenvalue weighted by Crippen LogP contribution is -2.44. The maximum absolute atomic E-state index is 12.5. The first-order chi connectivity index (χ1) is 12.0. The van der Waals surface area contributed by atoms with E-state index < -0.39 is 6.04 Å². The predicted molar refractivity (Wildman–Crippen MR) is 91.6 cm³/mol. The monoisotopic (exact) mass is 344 g/mol. The molecular weight excluding hydrogens is 320 g/mol. The first-order valence-electron chi connectivity index (χ1n) is 8.65. The minimum absolute atomic E-state index is 0.000749. The number of amides is 2. The van der Waals surface area contributed by atoms with Crippen molar-refractivity contribution in [3.63, 3.8) is 0 Å². The third-order valence-corrected chi connectivity index (χ3v) is 4.49. The van der Waals surface area contributed by atoms with Gasteiger partial charge in [0.1, 0.15) is 11.8 Å². The number of aryl methyl sites for hydroxylation is 3. The number of rotatable bonds is 7. The van der Waals surface area contributed by atoms with Crippen LogP contribution >= 0.6 is 0 Å². The van der Waals surface area contributed by atoms with Crippen molar-refractivity contribution < 1.29 is 14.0 Å². The molecule has 3 heterocycles. The van der Waals surface area contributed by atoms with Crippen LogP contribution in [-0.4, -0.2) is 39.1 Å². The molecule has 0 spiro atoms. The zero-order valence-corrected chi connectivity index (χ0v) is 14.7. The van der Waals surface area contributed by atoms with E-state index in [2.05, 4.69) is 10.4 Å². The summed E-state index contributed by atoms with van der Waals surface area (Å²) in [5, 5.41) is 7.36. The average Bonchev–Trinajstić information content (AvgIpc) is 3.27. The van der Waals surface area contributed by atoms with Gasteiger partial charge in [0.25, 0.3) is 0 Å². The van der Waals surface area contributed by atoms with Gasteiger partial charge in [-0.05, 0) is 44.9 Å². The van der Waals surface area contributed by atoms with Gasteiger partial charge in [0.2, 0.25) is 11.8 Å². The lowest BCUT2D eigenvalue weighted by molar-refractivity contribution is -0.136. The van der Waals surface area contributed by atoms with E-state index in [-0.39, 0.29) is 11.8 Å². The van der Waals surface area contributed by atoms with Crippen molar-refractivity contribution in [1.29, 1.82) is 0 Å². The number of likely N-dealkylation sites (tertiary alicyclic amines) is 1. The highest BCUT2D eigenvalue weighted by Gasteiger charge is 2.36. The van der Waals surface area contributed by atoms with E-state index in [1.165, 1.54) is 0 Å². The molecule has 2 aromatic rings. The highest BCUT2D eigenvalue weighted by atomic mass is 16.3. The summed E-state index contributed by atoms with van der Waals surface area (Å²) < 4.78 is 7.25. The maximum Gasteiger partial charge on any atom is 0.242 e. The van der Waals surface area contributed by atoms with Crippen LogP contribution in [0.2, 0.25) is 0 Å². The fourth-order valence-corrected chi connectivity index (χ4v) is 3.23. The van der Waals surface area contributed by atoms with E-state index >= 15 is 0 Å². The van der Waals surface area contributed by atoms with Crippen molar-refractivity contribution in [1.82, 2.24) is 20.0 Å². The summed E-state index contributed by atoms with van der Waals surface area (Å²) in [6.07, 6.45) is 3.34. The van der Waals surface area contributed by atoms with E-state index in [9.17, 15) is 9.59 Å². The SMILES string of the molecule is Cc1cc(C)n(CCCNC(=O)C2CCC(=O)N2Cc2ccco2)n1. The van der Waals surface area contributed by atoms with Crippen LogP contribution in [-0.2, 0) is 22.7 Å². The zero-order chi connectivity index (χ0) is 17.8. The van der Waals surface area contributed by atoms with Gasteiger partial charge in [0.05, 0.1) is 18.5 Å². The van der Waals surface area contributed by atoms with Crippen molar-refractivity contribution in [2.75, 3.05) is 6.54 Å². The second kappa shape index (κ2) is 7.55. The van der Waals surface area contributed by atoms with Crippen molar-refractivity contribution in [3.05, 3.63) is 41.6 Å². The molecule has 0 aliphatic carbocycles. The summed E-state index contributed by atoms with van der Waals surface area (Å²) in [5.74, 6) is 0.600. The standard InChI is InChI=1S/C18H24N4O3/c1-13-11-14(2)22(20-13)9-4-8-19-18(24)16-6-7-17(23)21(16)12-15-5-3-10-25-15/h3,5,10-11,16H,4,6-9,12H2,1-2H3,(H,19,24). The molecule has 1 unspecified atom stereocenters. The van der Waals surface area contributed by atoms with Gasteiger partial charge in [-0.2, -0.15) is 5.10 Å². The van der Waals surface area contributed by atoms with E-state index in [4.69, 9.17) is 4.42 Å². The van der Waals surface area contributed by atoms with Crippen LogP contribution in [0.15, 0.2) is 28.9 Å².